The van der Waals surface area contributed by atoms with Gasteiger partial charge in [-0.15, -0.1) is 0 Å². The Morgan fingerprint density at radius 2 is 2.42 bits per heavy atom. The smallest absolute Gasteiger partial charge is 0.0613 e. The van der Waals surface area contributed by atoms with Crippen LogP contribution in [0.3, 0.4) is 0 Å². The van der Waals surface area contributed by atoms with E-state index in [0.717, 1.165) is 23.8 Å². The third kappa shape index (κ3) is 1.32. The fourth-order valence-corrected chi connectivity index (χ4v) is 2.08. The number of rotatable bonds is 1. The molecule has 64 valence electrons. The first-order chi connectivity index (χ1) is 5.81. The van der Waals surface area contributed by atoms with Crippen LogP contribution in [0.1, 0.15) is 11.3 Å². The van der Waals surface area contributed by atoms with Crippen molar-refractivity contribution in [2.45, 2.75) is 13.1 Å². The van der Waals surface area contributed by atoms with Crippen LogP contribution >= 0.6 is 23.5 Å². The van der Waals surface area contributed by atoms with Gasteiger partial charge < -0.3 is 0 Å². The molecule has 0 radical (unpaired) electrons. The van der Waals surface area contributed by atoms with Gasteiger partial charge in [-0.1, -0.05) is 23.5 Å². The maximum Gasteiger partial charge on any atom is 0.0613 e. The lowest BCUT2D eigenvalue weighted by molar-refractivity contribution is 0.507. The lowest BCUT2D eigenvalue weighted by Gasteiger charge is -2.07. The van der Waals surface area contributed by atoms with Gasteiger partial charge in [0.1, 0.15) is 0 Å². The summed E-state index contributed by atoms with van der Waals surface area (Å²) < 4.78 is 2.24. The van der Waals surface area contributed by atoms with Gasteiger partial charge in [-0.3, -0.25) is 4.98 Å². The molecule has 0 spiro atoms. The summed E-state index contributed by atoms with van der Waals surface area (Å²) in [5.41, 5.74) is 2.31. The van der Waals surface area contributed by atoms with Crippen molar-refractivity contribution in [3.8, 4) is 0 Å². The average Bonchev–Trinajstić information content (AvgIpc) is 2.49. The van der Waals surface area contributed by atoms with Crippen molar-refractivity contribution in [2.75, 3.05) is 6.26 Å². The van der Waals surface area contributed by atoms with Crippen LogP contribution in [0.2, 0.25) is 5.02 Å². The van der Waals surface area contributed by atoms with Crippen LogP contribution in [0.15, 0.2) is 12.3 Å². The third-order valence-corrected chi connectivity index (χ3v) is 3.14. The molecule has 1 aliphatic heterocycles. The molecule has 2 nitrogen and oxygen atoms in total. The molecule has 0 N–H and O–H groups in total. The second-order valence-electron chi connectivity index (χ2n) is 2.70. The number of halogens is 1. The Bertz CT molecular complexity index is 303. The van der Waals surface area contributed by atoms with E-state index in [1.54, 1.807) is 18.1 Å². The van der Waals surface area contributed by atoms with E-state index in [1.807, 2.05) is 6.07 Å². The van der Waals surface area contributed by atoms with Gasteiger partial charge in [-0.25, -0.2) is 4.31 Å². The molecule has 0 aromatic carbocycles. The zero-order chi connectivity index (χ0) is 8.55. The van der Waals surface area contributed by atoms with Gasteiger partial charge >= 0.3 is 0 Å². The van der Waals surface area contributed by atoms with E-state index in [0.29, 0.717) is 0 Å². The van der Waals surface area contributed by atoms with Crippen LogP contribution < -0.4 is 0 Å². The van der Waals surface area contributed by atoms with Crippen molar-refractivity contribution in [1.29, 1.82) is 0 Å². The van der Waals surface area contributed by atoms with Gasteiger partial charge in [0.2, 0.25) is 0 Å². The molecule has 0 unspecified atom stereocenters. The number of aromatic nitrogens is 1. The highest BCUT2D eigenvalue weighted by molar-refractivity contribution is 7.96. The molecule has 1 aliphatic rings. The van der Waals surface area contributed by atoms with Crippen LogP contribution in [0.25, 0.3) is 0 Å². The molecule has 0 atom stereocenters. The van der Waals surface area contributed by atoms with E-state index >= 15 is 0 Å². The summed E-state index contributed by atoms with van der Waals surface area (Å²) in [5.74, 6) is 0. The third-order valence-electron chi connectivity index (χ3n) is 2.01. The molecule has 1 aromatic heterocycles. The Labute approximate surface area is 81.1 Å². The monoisotopic (exact) mass is 200 g/mol. The summed E-state index contributed by atoms with van der Waals surface area (Å²) in [6.45, 7) is 1.83. The Morgan fingerprint density at radius 1 is 1.58 bits per heavy atom. The molecule has 12 heavy (non-hydrogen) atoms. The first-order valence-corrected chi connectivity index (χ1v) is 5.28. The van der Waals surface area contributed by atoms with Gasteiger partial charge in [0.15, 0.2) is 0 Å². The normalized spacial score (nSPS) is 16.5. The zero-order valence-corrected chi connectivity index (χ0v) is 8.32. The van der Waals surface area contributed by atoms with Gasteiger partial charge in [-0.05, 0) is 12.3 Å². The summed E-state index contributed by atoms with van der Waals surface area (Å²) in [4.78, 5) is 4.28. The van der Waals surface area contributed by atoms with Crippen LogP contribution in [0.4, 0.5) is 0 Å². The van der Waals surface area contributed by atoms with Crippen LogP contribution in [0, 0.1) is 0 Å². The number of pyridine rings is 1. The summed E-state index contributed by atoms with van der Waals surface area (Å²) in [7, 11) is 0. The van der Waals surface area contributed by atoms with E-state index in [9.17, 15) is 0 Å². The summed E-state index contributed by atoms with van der Waals surface area (Å²) >= 11 is 7.75. The van der Waals surface area contributed by atoms with E-state index in [4.69, 9.17) is 11.6 Å². The summed E-state index contributed by atoms with van der Waals surface area (Å²) in [6.07, 6.45) is 3.84. The molecule has 1 aromatic rings. The van der Waals surface area contributed by atoms with Gasteiger partial charge in [0.25, 0.3) is 0 Å². The van der Waals surface area contributed by atoms with Crippen LogP contribution in [-0.4, -0.2) is 15.5 Å². The molecule has 0 aliphatic carbocycles. The van der Waals surface area contributed by atoms with Crippen molar-refractivity contribution in [3.63, 3.8) is 0 Å². The van der Waals surface area contributed by atoms with E-state index in [1.165, 1.54) is 5.56 Å². The van der Waals surface area contributed by atoms with Crippen molar-refractivity contribution < 1.29 is 0 Å². The molecule has 0 saturated heterocycles. The molecule has 0 amide bonds. The van der Waals surface area contributed by atoms with Crippen molar-refractivity contribution in [3.05, 3.63) is 28.5 Å². The first kappa shape index (κ1) is 8.35. The highest BCUT2D eigenvalue weighted by Gasteiger charge is 2.21. The first-order valence-electron chi connectivity index (χ1n) is 3.72. The van der Waals surface area contributed by atoms with Gasteiger partial charge in [0.05, 0.1) is 12.2 Å². The van der Waals surface area contributed by atoms with Crippen LogP contribution in [0.5, 0.6) is 0 Å². The zero-order valence-electron chi connectivity index (χ0n) is 6.75. The molecule has 2 heterocycles. The molecule has 2 rings (SSSR count). The maximum absolute atomic E-state index is 6.02. The summed E-state index contributed by atoms with van der Waals surface area (Å²) in [6, 6.07) is 1.85. The van der Waals surface area contributed by atoms with Crippen molar-refractivity contribution in [2.24, 2.45) is 0 Å². The fraction of sp³-hybridized carbons (Fsp3) is 0.375. The van der Waals surface area contributed by atoms with E-state index < -0.39 is 0 Å². The second kappa shape index (κ2) is 3.24. The highest BCUT2D eigenvalue weighted by Crippen LogP contribution is 2.30. The quantitative estimate of drug-likeness (QED) is 0.648. The Balaban J connectivity index is 2.35. The Morgan fingerprint density at radius 3 is 3.08 bits per heavy atom. The molecule has 0 fully saturated rings. The Kier molecular flexibility index (Phi) is 2.26. The molecule has 0 bridgehead atoms. The predicted molar refractivity (Wildman–Crippen MR) is 52.0 cm³/mol. The highest BCUT2D eigenvalue weighted by atomic mass is 35.5. The lowest BCUT2D eigenvalue weighted by Crippen LogP contribution is -2.04. The van der Waals surface area contributed by atoms with Crippen LogP contribution in [-0.2, 0) is 13.1 Å². The van der Waals surface area contributed by atoms with E-state index in [-0.39, 0.29) is 0 Å². The minimum absolute atomic E-state index is 0.844. The summed E-state index contributed by atoms with van der Waals surface area (Å²) in [5, 5.41) is 0.844. The van der Waals surface area contributed by atoms with E-state index in [2.05, 4.69) is 15.5 Å². The Hall–Kier alpha value is -0.250. The standard InChI is InChI=1S/C8H9ClN2S/c1-12-11-4-6-7(9)2-3-10-8(6)5-11/h2-3H,4-5H2,1H3. The average molecular weight is 201 g/mol. The number of hydrogen-bond donors (Lipinski definition) is 0. The lowest BCUT2D eigenvalue weighted by atomic mass is 10.2. The van der Waals surface area contributed by atoms with Crippen molar-refractivity contribution in [1.82, 2.24) is 9.29 Å². The van der Waals surface area contributed by atoms with Crippen molar-refractivity contribution >= 4 is 23.5 Å². The van der Waals surface area contributed by atoms with Gasteiger partial charge in [-0.2, -0.15) is 0 Å². The minimum atomic E-state index is 0.844. The largest absolute Gasteiger partial charge is 0.259 e. The second-order valence-corrected chi connectivity index (χ2v) is 3.99. The fourth-order valence-electron chi connectivity index (χ4n) is 1.34. The molecule has 0 saturated carbocycles. The molecule has 4 heteroatoms. The predicted octanol–water partition coefficient (Wildman–Crippen LogP) is 2.33. The SMILES string of the molecule is CSN1Cc2nccc(Cl)c2C1. The topological polar surface area (TPSA) is 16.1 Å². The number of fused-ring (bicyclic) bond motifs is 1. The minimum Gasteiger partial charge on any atom is -0.259 e. The molecular formula is C8H9ClN2S. The van der Waals surface area contributed by atoms with Gasteiger partial charge in [0, 0.05) is 23.3 Å². The number of hydrogen-bond acceptors (Lipinski definition) is 3. The molecular weight excluding hydrogens is 192 g/mol. The maximum atomic E-state index is 6.02. The number of nitrogens with zero attached hydrogens (tertiary/aromatic N) is 2.